The largest absolute Gasteiger partial charge is 0.339 e. The van der Waals surface area contributed by atoms with Gasteiger partial charge in [-0.15, -0.1) is 11.3 Å². The Morgan fingerprint density at radius 1 is 1.11 bits per heavy atom. The van der Waals surface area contributed by atoms with Crippen LogP contribution < -0.4 is 0 Å². The van der Waals surface area contributed by atoms with E-state index in [1.807, 2.05) is 26.0 Å². The van der Waals surface area contributed by atoms with Crippen molar-refractivity contribution in [3.05, 3.63) is 56.2 Å². The maximum atomic E-state index is 13.2. The zero-order valence-electron chi connectivity index (χ0n) is 15.4. The molecule has 0 bridgehead atoms. The fourth-order valence-corrected chi connectivity index (χ4v) is 4.79. The van der Waals surface area contributed by atoms with E-state index < -0.39 is 6.04 Å². The lowest BCUT2D eigenvalue weighted by atomic mass is 10.0. The number of imide groups is 1. The van der Waals surface area contributed by atoms with Gasteiger partial charge in [-0.25, -0.2) is 0 Å². The SMILES string of the molecule is CC(C)CC(C(=O)N(C)Cc1ccc(Br)s1)N1C(=O)c2ccccc2C1=O. The number of fused-ring (bicyclic) bond motifs is 1. The number of nitrogens with zero attached hydrogens (tertiary/aromatic N) is 2. The third kappa shape index (κ3) is 3.99. The van der Waals surface area contributed by atoms with Gasteiger partial charge in [0.1, 0.15) is 6.04 Å². The third-order valence-electron chi connectivity index (χ3n) is 4.51. The van der Waals surface area contributed by atoms with Crippen LogP contribution in [0.2, 0.25) is 0 Å². The first-order chi connectivity index (χ1) is 12.8. The summed E-state index contributed by atoms with van der Waals surface area (Å²) < 4.78 is 0.998. The Morgan fingerprint density at radius 2 is 1.70 bits per heavy atom. The molecule has 5 nitrogen and oxygen atoms in total. The molecule has 0 aliphatic carbocycles. The second-order valence-corrected chi connectivity index (χ2v) is 9.62. The Kier molecular flexibility index (Phi) is 5.81. The van der Waals surface area contributed by atoms with E-state index >= 15 is 0 Å². The molecule has 0 saturated heterocycles. The molecule has 1 aromatic carbocycles. The number of hydrogen-bond donors (Lipinski definition) is 0. The number of amides is 3. The van der Waals surface area contributed by atoms with E-state index in [2.05, 4.69) is 15.9 Å². The van der Waals surface area contributed by atoms with Gasteiger partial charge in [0.25, 0.3) is 11.8 Å². The predicted octanol–water partition coefficient (Wildman–Crippen LogP) is 4.18. The fraction of sp³-hybridized carbons (Fsp3) is 0.350. The topological polar surface area (TPSA) is 57.7 Å². The monoisotopic (exact) mass is 448 g/mol. The lowest BCUT2D eigenvalue weighted by molar-refractivity contribution is -0.135. The molecule has 0 N–H and O–H groups in total. The van der Waals surface area contributed by atoms with E-state index in [-0.39, 0.29) is 23.6 Å². The van der Waals surface area contributed by atoms with Crippen molar-refractivity contribution in [2.24, 2.45) is 5.92 Å². The van der Waals surface area contributed by atoms with Crippen LogP contribution in [0.3, 0.4) is 0 Å². The maximum absolute atomic E-state index is 13.2. The lowest BCUT2D eigenvalue weighted by Crippen LogP contribution is -2.50. The lowest BCUT2D eigenvalue weighted by Gasteiger charge is -2.30. The average molecular weight is 449 g/mol. The van der Waals surface area contributed by atoms with Crippen LogP contribution in [0.5, 0.6) is 0 Å². The molecule has 1 aliphatic heterocycles. The molecule has 2 heterocycles. The van der Waals surface area contributed by atoms with Crippen LogP contribution >= 0.6 is 27.3 Å². The predicted molar refractivity (Wildman–Crippen MR) is 109 cm³/mol. The summed E-state index contributed by atoms with van der Waals surface area (Å²) in [6, 6.07) is 9.83. The molecule has 1 atom stereocenters. The smallest absolute Gasteiger partial charge is 0.262 e. The van der Waals surface area contributed by atoms with Gasteiger partial charge in [0, 0.05) is 11.9 Å². The Labute approximate surface area is 171 Å². The van der Waals surface area contributed by atoms with Crippen LogP contribution in [-0.4, -0.2) is 40.6 Å². The summed E-state index contributed by atoms with van der Waals surface area (Å²) in [5.41, 5.74) is 0.739. The molecule has 7 heteroatoms. The molecular formula is C20H21BrN2O3S. The highest BCUT2D eigenvalue weighted by atomic mass is 79.9. The highest BCUT2D eigenvalue weighted by Gasteiger charge is 2.43. The van der Waals surface area contributed by atoms with Crippen molar-refractivity contribution >= 4 is 45.0 Å². The van der Waals surface area contributed by atoms with E-state index in [1.54, 1.807) is 47.5 Å². The number of carbonyl (C=O) groups excluding carboxylic acids is 3. The molecule has 1 unspecified atom stereocenters. The van der Waals surface area contributed by atoms with Crippen LogP contribution in [0.4, 0.5) is 0 Å². The number of halogens is 1. The molecule has 142 valence electrons. The summed E-state index contributed by atoms with van der Waals surface area (Å²) >= 11 is 4.98. The van der Waals surface area contributed by atoms with Crippen molar-refractivity contribution < 1.29 is 14.4 Å². The molecular weight excluding hydrogens is 428 g/mol. The van der Waals surface area contributed by atoms with Crippen LogP contribution in [-0.2, 0) is 11.3 Å². The summed E-state index contributed by atoms with van der Waals surface area (Å²) in [6.07, 6.45) is 0.433. The van der Waals surface area contributed by atoms with E-state index in [4.69, 9.17) is 0 Å². The van der Waals surface area contributed by atoms with E-state index in [0.29, 0.717) is 24.1 Å². The van der Waals surface area contributed by atoms with Gasteiger partial charge in [0.15, 0.2) is 0 Å². The summed E-state index contributed by atoms with van der Waals surface area (Å²) in [4.78, 5) is 42.7. The average Bonchev–Trinajstić information content (AvgIpc) is 3.14. The van der Waals surface area contributed by atoms with Crippen molar-refractivity contribution in [1.82, 2.24) is 9.80 Å². The first kappa shape index (κ1) is 19.8. The Hall–Kier alpha value is -1.99. The van der Waals surface area contributed by atoms with Crippen molar-refractivity contribution in [2.75, 3.05) is 7.05 Å². The quantitative estimate of drug-likeness (QED) is 0.622. The first-order valence-corrected chi connectivity index (χ1v) is 10.4. The van der Waals surface area contributed by atoms with Gasteiger partial charge in [-0.05, 0) is 52.5 Å². The Balaban J connectivity index is 1.87. The summed E-state index contributed by atoms with van der Waals surface area (Å²) in [6.45, 7) is 4.40. The molecule has 1 aliphatic rings. The first-order valence-electron chi connectivity index (χ1n) is 8.75. The van der Waals surface area contributed by atoms with Gasteiger partial charge in [-0.1, -0.05) is 26.0 Å². The van der Waals surface area contributed by atoms with Gasteiger partial charge >= 0.3 is 0 Å². The van der Waals surface area contributed by atoms with Crippen molar-refractivity contribution in [2.45, 2.75) is 32.9 Å². The highest BCUT2D eigenvalue weighted by Crippen LogP contribution is 2.28. The molecule has 1 aromatic heterocycles. The molecule has 2 aromatic rings. The molecule has 0 fully saturated rings. The Morgan fingerprint density at radius 3 is 2.19 bits per heavy atom. The minimum Gasteiger partial charge on any atom is -0.339 e. The number of hydrogen-bond acceptors (Lipinski definition) is 4. The van der Waals surface area contributed by atoms with E-state index in [9.17, 15) is 14.4 Å². The normalized spacial score (nSPS) is 14.6. The number of thiophene rings is 1. The second kappa shape index (κ2) is 7.94. The zero-order valence-corrected chi connectivity index (χ0v) is 17.8. The van der Waals surface area contributed by atoms with Crippen LogP contribution in [0.1, 0.15) is 45.9 Å². The summed E-state index contributed by atoms with van der Waals surface area (Å²) in [5, 5.41) is 0. The standard InChI is InChI=1S/C20H21BrN2O3S/c1-12(2)10-16(20(26)22(3)11-13-8-9-17(21)27-13)23-18(24)14-6-4-5-7-15(14)19(23)25/h4-9,12,16H,10-11H2,1-3H3. The summed E-state index contributed by atoms with van der Waals surface area (Å²) in [7, 11) is 1.71. The van der Waals surface area contributed by atoms with Gasteiger partial charge in [0.2, 0.25) is 5.91 Å². The minimum atomic E-state index is -0.800. The van der Waals surface area contributed by atoms with Crippen molar-refractivity contribution in [3.63, 3.8) is 0 Å². The van der Waals surface area contributed by atoms with Crippen LogP contribution in [0.15, 0.2) is 40.2 Å². The van der Waals surface area contributed by atoms with Gasteiger partial charge in [-0.3, -0.25) is 19.3 Å². The maximum Gasteiger partial charge on any atom is 0.262 e. The molecule has 0 radical (unpaired) electrons. The zero-order chi connectivity index (χ0) is 19.7. The van der Waals surface area contributed by atoms with Gasteiger partial charge in [-0.2, -0.15) is 0 Å². The number of likely N-dealkylation sites (N-methyl/N-ethyl adjacent to an activating group) is 1. The number of rotatable bonds is 6. The van der Waals surface area contributed by atoms with Crippen LogP contribution in [0.25, 0.3) is 0 Å². The molecule has 3 amide bonds. The number of carbonyl (C=O) groups is 3. The Bertz CT molecular complexity index is 858. The van der Waals surface area contributed by atoms with Crippen molar-refractivity contribution in [3.8, 4) is 0 Å². The van der Waals surface area contributed by atoms with E-state index in [0.717, 1.165) is 13.6 Å². The van der Waals surface area contributed by atoms with E-state index in [1.165, 1.54) is 0 Å². The third-order valence-corrected chi connectivity index (χ3v) is 6.12. The minimum absolute atomic E-state index is 0.160. The number of benzene rings is 1. The van der Waals surface area contributed by atoms with Gasteiger partial charge in [0.05, 0.1) is 21.5 Å². The molecule has 0 saturated carbocycles. The summed E-state index contributed by atoms with van der Waals surface area (Å²) in [5.74, 6) is -0.834. The molecule has 27 heavy (non-hydrogen) atoms. The second-order valence-electron chi connectivity index (χ2n) is 7.07. The molecule has 3 rings (SSSR count). The van der Waals surface area contributed by atoms with Gasteiger partial charge < -0.3 is 4.90 Å². The van der Waals surface area contributed by atoms with Crippen LogP contribution in [0, 0.1) is 5.92 Å². The van der Waals surface area contributed by atoms with Crippen molar-refractivity contribution in [1.29, 1.82) is 0 Å². The highest BCUT2D eigenvalue weighted by molar-refractivity contribution is 9.11. The fourth-order valence-electron chi connectivity index (χ4n) is 3.26. The molecule has 0 spiro atoms.